The number of nitrogens with zero attached hydrogens (tertiary/aromatic N) is 1. The summed E-state index contributed by atoms with van der Waals surface area (Å²) in [6, 6.07) is 10.4. The monoisotopic (exact) mass is 383 g/mol. The van der Waals surface area contributed by atoms with Crippen LogP contribution in [0.25, 0.3) is 6.08 Å². The number of rotatable bonds is 7. The van der Waals surface area contributed by atoms with Crippen molar-refractivity contribution in [3.63, 3.8) is 0 Å². The molecular weight excluding hydrogens is 366 g/mol. The van der Waals surface area contributed by atoms with Crippen LogP contribution in [0.2, 0.25) is 0 Å². The summed E-state index contributed by atoms with van der Waals surface area (Å²) in [5, 5.41) is 10.9. The lowest BCUT2D eigenvalue weighted by Crippen LogP contribution is -2.13. The predicted octanol–water partition coefficient (Wildman–Crippen LogP) is 3.13. The van der Waals surface area contributed by atoms with Crippen LogP contribution in [-0.4, -0.2) is 36.4 Å². The highest BCUT2D eigenvalue weighted by atomic mass is 16.6. The number of carbonyl (C=O) groups is 3. The van der Waals surface area contributed by atoms with Crippen LogP contribution in [0.4, 0.5) is 5.69 Å². The molecule has 0 aromatic heterocycles. The maximum absolute atomic E-state index is 12.1. The number of Topliss-reactive ketones (excluding diaryl/α,β-unsaturated/α-hetero) is 1. The average Bonchev–Trinajstić information content (AvgIpc) is 2.70. The Labute approximate surface area is 160 Å². The molecule has 0 aliphatic rings. The van der Waals surface area contributed by atoms with Crippen molar-refractivity contribution in [3.8, 4) is 0 Å². The molecule has 0 aliphatic carbocycles. The standard InChI is InChI=1S/C20H17NO7/c1-13-3-7-16(11-17(13)21(25)26)18(22)12-28-19(23)10-6-14-4-8-15(9-5-14)20(24)27-2/h3-11H,12H2,1-2H3/b10-6+. The third-order valence-corrected chi connectivity index (χ3v) is 3.82. The first-order valence-corrected chi connectivity index (χ1v) is 8.13. The smallest absolute Gasteiger partial charge is 0.337 e. The van der Waals surface area contributed by atoms with Crippen molar-refractivity contribution in [3.05, 3.63) is 80.9 Å². The van der Waals surface area contributed by atoms with E-state index in [1.165, 1.54) is 25.3 Å². The Morgan fingerprint density at radius 2 is 1.71 bits per heavy atom. The molecule has 8 heteroatoms. The second-order valence-corrected chi connectivity index (χ2v) is 5.74. The third-order valence-electron chi connectivity index (χ3n) is 3.82. The number of benzene rings is 2. The molecule has 0 saturated heterocycles. The first-order valence-electron chi connectivity index (χ1n) is 8.13. The lowest BCUT2D eigenvalue weighted by atomic mass is 10.1. The zero-order valence-corrected chi connectivity index (χ0v) is 15.2. The molecule has 28 heavy (non-hydrogen) atoms. The summed E-state index contributed by atoms with van der Waals surface area (Å²) < 4.78 is 9.46. The maximum atomic E-state index is 12.1. The zero-order valence-electron chi connectivity index (χ0n) is 15.2. The average molecular weight is 383 g/mol. The Hall–Kier alpha value is -3.81. The fourth-order valence-electron chi connectivity index (χ4n) is 2.26. The van der Waals surface area contributed by atoms with Crippen LogP contribution in [0.5, 0.6) is 0 Å². The van der Waals surface area contributed by atoms with Gasteiger partial charge in [-0.15, -0.1) is 0 Å². The molecule has 2 aromatic rings. The van der Waals surface area contributed by atoms with Crippen LogP contribution in [0.1, 0.15) is 31.8 Å². The fourth-order valence-corrected chi connectivity index (χ4v) is 2.26. The molecule has 0 spiro atoms. The van der Waals surface area contributed by atoms with Gasteiger partial charge in [-0.3, -0.25) is 14.9 Å². The van der Waals surface area contributed by atoms with Crippen LogP contribution in [0, 0.1) is 17.0 Å². The number of nitro benzene ring substituents is 1. The van der Waals surface area contributed by atoms with E-state index in [9.17, 15) is 24.5 Å². The minimum atomic E-state index is -0.744. The number of ether oxygens (including phenoxy) is 2. The SMILES string of the molecule is COC(=O)c1ccc(/C=C/C(=O)OCC(=O)c2ccc(C)c([N+](=O)[O-])c2)cc1. The first kappa shape index (κ1) is 20.5. The quantitative estimate of drug-likeness (QED) is 0.237. The number of aryl methyl sites for hydroxylation is 1. The summed E-state index contributed by atoms with van der Waals surface area (Å²) in [5.74, 6) is -1.76. The minimum Gasteiger partial charge on any atom is -0.465 e. The first-order chi connectivity index (χ1) is 13.3. The van der Waals surface area contributed by atoms with Gasteiger partial charge in [0.05, 0.1) is 17.6 Å². The molecular formula is C20H17NO7. The number of methoxy groups -OCH3 is 1. The molecule has 0 amide bonds. The molecule has 0 heterocycles. The molecule has 0 radical (unpaired) electrons. The van der Waals surface area contributed by atoms with Gasteiger partial charge in [0.2, 0.25) is 5.78 Å². The van der Waals surface area contributed by atoms with E-state index < -0.39 is 29.3 Å². The van der Waals surface area contributed by atoms with Crippen molar-refractivity contribution in [1.82, 2.24) is 0 Å². The molecule has 0 saturated carbocycles. The summed E-state index contributed by atoms with van der Waals surface area (Å²) in [6.07, 6.45) is 2.60. The zero-order chi connectivity index (χ0) is 20.7. The summed E-state index contributed by atoms with van der Waals surface area (Å²) in [5.41, 5.74) is 1.37. The molecule has 0 fully saturated rings. The molecule has 8 nitrogen and oxygen atoms in total. The molecule has 144 valence electrons. The van der Waals surface area contributed by atoms with Crippen molar-refractivity contribution in [2.75, 3.05) is 13.7 Å². The fraction of sp³-hybridized carbons (Fsp3) is 0.150. The molecule has 0 aliphatic heterocycles. The Morgan fingerprint density at radius 3 is 2.32 bits per heavy atom. The molecule has 0 unspecified atom stereocenters. The number of ketones is 1. The van der Waals surface area contributed by atoms with Gasteiger partial charge in [0.15, 0.2) is 6.61 Å². The van der Waals surface area contributed by atoms with Crippen molar-refractivity contribution >= 4 is 29.5 Å². The number of hydrogen-bond donors (Lipinski definition) is 0. The van der Waals surface area contributed by atoms with Gasteiger partial charge in [0.25, 0.3) is 5.69 Å². The molecule has 2 aromatic carbocycles. The normalized spacial score (nSPS) is 10.5. The second-order valence-electron chi connectivity index (χ2n) is 5.74. The highest BCUT2D eigenvalue weighted by Crippen LogP contribution is 2.19. The Bertz CT molecular complexity index is 946. The number of hydrogen-bond acceptors (Lipinski definition) is 7. The van der Waals surface area contributed by atoms with Gasteiger partial charge in [-0.1, -0.05) is 24.3 Å². The van der Waals surface area contributed by atoms with E-state index in [1.807, 2.05) is 0 Å². The highest BCUT2D eigenvalue weighted by Gasteiger charge is 2.16. The highest BCUT2D eigenvalue weighted by molar-refractivity contribution is 5.99. The van der Waals surface area contributed by atoms with Gasteiger partial charge in [-0.05, 0) is 30.7 Å². The topological polar surface area (TPSA) is 113 Å². The number of esters is 2. The van der Waals surface area contributed by atoms with Gasteiger partial charge in [0.1, 0.15) is 0 Å². The predicted molar refractivity (Wildman–Crippen MR) is 99.9 cm³/mol. The van der Waals surface area contributed by atoms with Crippen LogP contribution < -0.4 is 0 Å². The molecule has 0 atom stereocenters. The Kier molecular flexibility index (Phi) is 6.75. The van der Waals surface area contributed by atoms with Crippen molar-refractivity contribution in [2.45, 2.75) is 6.92 Å². The molecule has 0 bridgehead atoms. The maximum Gasteiger partial charge on any atom is 0.337 e. The van der Waals surface area contributed by atoms with Crippen LogP contribution in [-0.2, 0) is 14.3 Å². The van der Waals surface area contributed by atoms with Gasteiger partial charge in [-0.25, -0.2) is 9.59 Å². The Morgan fingerprint density at radius 1 is 1.07 bits per heavy atom. The summed E-state index contributed by atoms with van der Waals surface area (Å²) in [6.45, 7) is 1.03. The van der Waals surface area contributed by atoms with Crippen molar-refractivity contribution in [1.29, 1.82) is 0 Å². The van der Waals surface area contributed by atoms with Crippen LogP contribution in [0.15, 0.2) is 48.5 Å². The lowest BCUT2D eigenvalue weighted by molar-refractivity contribution is -0.385. The van der Waals surface area contributed by atoms with Gasteiger partial charge in [0, 0.05) is 23.3 Å². The van der Waals surface area contributed by atoms with Gasteiger partial charge >= 0.3 is 11.9 Å². The van der Waals surface area contributed by atoms with Crippen LogP contribution >= 0.6 is 0 Å². The summed E-state index contributed by atoms with van der Waals surface area (Å²) in [4.78, 5) is 45.5. The van der Waals surface area contributed by atoms with Crippen LogP contribution in [0.3, 0.4) is 0 Å². The number of nitro groups is 1. The van der Waals surface area contributed by atoms with E-state index in [0.29, 0.717) is 16.7 Å². The van der Waals surface area contributed by atoms with E-state index in [-0.39, 0.29) is 11.3 Å². The second kappa shape index (κ2) is 9.22. The van der Waals surface area contributed by atoms with E-state index in [2.05, 4.69) is 4.74 Å². The van der Waals surface area contributed by atoms with Gasteiger partial charge in [-0.2, -0.15) is 0 Å². The minimum absolute atomic E-state index is 0.0903. The molecule has 0 N–H and O–H groups in total. The van der Waals surface area contributed by atoms with Crippen molar-refractivity contribution in [2.24, 2.45) is 0 Å². The Balaban J connectivity index is 1.94. The molecule has 2 rings (SSSR count). The summed E-state index contributed by atoms with van der Waals surface area (Å²) >= 11 is 0. The van der Waals surface area contributed by atoms with Gasteiger partial charge < -0.3 is 9.47 Å². The van der Waals surface area contributed by atoms with E-state index in [0.717, 1.165) is 12.1 Å². The number of carbonyl (C=O) groups excluding carboxylic acids is 3. The lowest BCUT2D eigenvalue weighted by Gasteiger charge is -2.03. The van der Waals surface area contributed by atoms with E-state index >= 15 is 0 Å². The van der Waals surface area contributed by atoms with Crippen molar-refractivity contribution < 1.29 is 28.8 Å². The largest absolute Gasteiger partial charge is 0.465 e. The third kappa shape index (κ3) is 5.34. The van der Waals surface area contributed by atoms with E-state index in [4.69, 9.17) is 4.74 Å². The summed E-state index contributed by atoms with van der Waals surface area (Å²) in [7, 11) is 1.28. The van der Waals surface area contributed by atoms with E-state index in [1.54, 1.807) is 31.2 Å².